The van der Waals surface area contributed by atoms with Crippen LogP contribution in [0.15, 0.2) is 42.6 Å². The van der Waals surface area contributed by atoms with Gasteiger partial charge in [0.05, 0.1) is 16.8 Å². The van der Waals surface area contributed by atoms with E-state index in [-0.39, 0.29) is 5.82 Å². The summed E-state index contributed by atoms with van der Waals surface area (Å²) in [6.45, 7) is 2.89. The van der Waals surface area contributed by atoms with Crippen molar-refractivity contribution in [2.45, 2.75) is 19.8 Å². The monoisotopic (exact) mass is 317 g/mol. The lowest BCUT2D eigenvalue weighted by Gasteiger charge is -2.33. The van der Waals surface area contributed by atoms with Crippen LogP contribution in [0.3, 0.4) is 0 Å². The first-order valence-electron chi connectivity index (χ1n) is 8.03. The highest BCUT2D eigenvalue weighted by Crippen LogP contribution is 2.39. The van der Waals surface area contributed by atoms with E-state index in [2.05, 4.69) is 41.1 Å². The van der Waals surface area contributed by atoms with E-state index in [9.17, 15) is 9.65 Å². The van der Waals surface area contributed by atoms with Crippen LogP contribution in [0, 0.1) is 24.1 Å². The molecule has 1 aliphatic heterocycles. The molecule has 0 aliphatic carbocycles. The van der Waals surface area contributed by atoms with Gasteiger partial charge in [-0.1, -0.05) is 17.7 Å². The summed E-state index contributed by atoms with van der Waals surface area (Å²) < 4.78 is 13.8. The summed E-state index contributed by atoms with van der Waals surface area (Å²) >= 11 is 0. The lowest BCUT2D eigenvalue weighted by atomic mass is 9.97. The molecule has 2 aromatic carbocycles. The molecule has 2 heterocycles. The van der Waals surface area contributed by atoms with Crippen LogP contribution >= 0.6 is 0 Å². The molecule has 4 heteroatoms. The highest BCUT2D eigenvalue weighted by Gasteiger charge is 2.23. The minimum absolute atomic E-state index is 0.318. The standard InChI is InChI=1S/C20H16FN3/c1-13-4-7-19-14(9-13)3-2-8-24(19)20-15(11-22)12-23-18-6-5-16(21)10-17(18)20/h4-7,9-10,12H,2-3,8H2,1H3. The molecule has 0 saturated carbocycles. The Hall–Kier alpha value is -2.93. The molecule has 4 rings (SSSR count). The van der Waals surface area contributed by atoms with Gasteiger partial charge in [-0.25, -0.2) is 4.39 Å². The van der Waals surface area contributed by atoms with Gasteiger partial charge < -0.3 is 4.90 Å². The maximum Gasteiger partial charge on any atom is 0.124 e. The number of nitrogens with zero attached hydrogens (tertiary/aromatic N) is 3. The lowest BCUT2D eigenvalue weighted by Crippen LogP contribution is -2.25. The van der Waals surface area contributed by atoms with Crippen LogP contribution in [0.2, 0.25) is 0 Å². The Morgan fingerprint density at radius 2 is 2.08 bits per heavy atom. The highest BCUT2D eigenvalue weighted by molar-refractivity contribution is 5.97. The van der Waals surface area contributed by atoms with E-state index in [1.807, 2.05) is 0 Å². The Balaban J connectivity index is 2.01. The maximum absolute atomic E-state index is 13.8. The fourth-order valence-electron chi connectivity index (χ4n) is 3.48. The predicted molar refractivity (Wildman–Crippen MR) is 92.9 cm³/mol. The van der Waals surface area contributed by atoms with Gasteiger partial charge in [-0.3, -0.25) is 4.98 Å². The normalized spacial score (nSPS) is 13.6. The molecule has 0 fully saturated rings. The van der Waals surface area contributed by atoms with Crippen LogP contribution < -0.4 is 4.90 Å². The Bertz CT molecular complexity index is 988. The first kappa shape index (κ1) is 14.6. The molecule has 0 N–H and O–H groups in total. The lowest BCUT2D eigenvalue weighted by molar-refractivity contribution is 0.629. The van der Waals surface area contributed by atoms with Crippen molar-refractivity contribution in [3.05, 3.63) is 65.1 Å². The fourth-order valence-corrected chi connectivity index (χ4v) is 3.48. The first-order chi connectivity index (χ1) is 11.7. The number of anilines is 2. The number of benzene rings is 2. The van der Waals surface area contributed by atoms with Gasteiger partial charge >= 0.3 is 0 Å². The molecule has 0 amide bonds. The van der Waals surface area contributed by atoms with Crippen LogP contribution in [0.1, 0.15) is 23.1 Å². The van der Waals surface area contributed by atoms with E-state index >= 15 is 0 Å². The molecule has 1 aliphatic rings. The number of halogens is 1. The number of pyridine rings is 1. The third kappa shape index (κ3) is 2.30. The third-order valence-corrected chi connectivity index (χ3v) is 4.55. The zero-order chi connectivity index (χ0) is 16.7. The predicted octanol–water partition coefficient (Wildman–Crippen LogP) is 4.64. The van der Waals surface area contributed by atoms with Crippen LogP contribution in [-0.2, 0) is 6.42 Å². The highest BCUT2D eigenvalue weighted by atomic mass is 19.1. The SMILES string of the molecule is Cc1ccc2c(c1)CCCN2c1c(C#N)cnc2ccc(F)cc12. The van der Waals surface area contributed by atoms with Crippen molar-refractivity contribution < 1.29 is 4.39 Å². The van der Waals surface area contributed by atoms with Gasteiger partial charge in [-0.2, -0.15) is 5.26 Å². The summed E-state index contributed by atoms with van der Waals surface area (Å²) in [4.78, 5) is 6.44. The smallest absolute Gasteiger partial charge is 0.124 e. The van der Waals surface area contributed by atoms with Crippen LogP contribution in [0.5, 0.6) is 0 Å². The van der Waals surface area contributed by atoms with Crippen LogP contribution in [-0.4, -0.2) is 11.5 Å². The van der Waals surface area contributed by atoms with Crippen molar-refractivity contribution in [1.82, 2.24) is 4.98 Å². The minimum atomic E-state index is -0.318. The van der Waals surface area contributed by atoms with Gasteiger partial charge in [0.25, 0.3) is 0 Å². The Kier molecular flexibility index (Phi) is 3.42. The van der Waals surface area contributed by atoms with E-state index in [1.54, 1.807) is 12.3 Å². The molecule has 118 valence electrons. The summed E-state index contributed by atoms with van der Waals surface area (Å²) in [5.41, 5.74) is 5.52. The van der Waals surface area contributed by atoms with Crippen molar-refractivity contribution in [2.75, 3.05) is 11.4 Å². The van der Waals surface area contributed by atoms with Crippen LogP contribution in [0.25, 0.3) is 10.9 Å². The summed E-state index contributed by atoms with van der Waals surface area (Å²) in [6.07, 6.45) is 3.60. The van der Waals surface area contributed by atoms with Gasteiger partial charge in [0, 0.05) is 23.8 Å². The Morgan fingerprint density at radius 3 is 2.92 bits per heavy atom. The molecule has 0 saturated heterocycles. The van der Waals surface area contributed by atoms with Gasteiger partial charge in [0.15, 0.2) is 0 Å². The number of fused-ring (bicyclic) bond motifs is 2. The molecule has 24 heavy (non-hydrogen) atoms. The van der Waals surface area contributed by atoms with Crippen molar-refractivity contribution in [1.29, 1.82) is 5.26 Å². The summed E-state index contributed by atoms with van der Waals surface area (Å²) in [7, 11) is 0. The molecule has 3 aromatic rings. The molecule has 0 bridgehead atoms. The van der Waals surface area contributed by atoms with Crippen molar-refractivity contribution >= 4 is 22.3 Å². The van der Waals surface area contributed by atoms with E-state index in [1.165, 1.54) is 23.3 Å². The molecule has 1 aromatic heterocycles. The molecular formula is C20H16FN3. The Labute approximate surface area is 140 Å². The van der Waals surface area contributed by atoms with Crippen molar-refractivity contribution in [3.63, 3.8) is 0 Å². The third-order valence-electron chi connectivity index (χ3n) is 4.55. The van der Waals surface area contributed by atoms with E-state index in [4.69, 9.17) is 0 Å². The van der Waals surface area contributed by atoms with Gasteiger partial charge in [-0.15, -0.1) is 0 Å². The second-order valence-electron chi connectivity index (χ2n) is 6.18. The molecule has 0 atom stereocenters. The molecule has 3 nitrogen and oxygen atoms in total. The second kappa shape index (κ2) is 5.61. The van der Waals surface area contributed by atoms with Gasteiger partial charge in [0.2, 0.25) is 0 Å². The largest absolute Gasteiger partial charge is 0.340 e. The number of hydrogen-bond donors (Lipinski definition) is 0. The maximum atomic E-state index is 13.8. The van der Waals surface area contributed by atoms with E-state index in [0.29, 0.717) is 16.5 Å². The second-order valence-corrected chi connectivity index (χ2v) is 6.18. The van der Waals surface area contributed by atoms with Crippen molar-refractivity contribution in [2.24, 2.45) is 0 Å². The average Bonchev–Trinajstić information content (AvgIpc) is 2.60. The average molecular weight is 317 g/mol. The van der Waals surface area contributed by atoms with E-state index in [0.717, 1.165) is 30.8 Å². The topological polar surface area (TPSA) is 39.9 Å². The number of aryl methyl sites for hydroxylation is 2. The molecule has 0 spiro atoms. The summed E-state index contributed by atoms with van der Waals surface area (Å²) in [6, 6.07) is 13.1. The summed E-state index contributed by atoms with van der Waals surface area (Å²) in [5, 5.41) is 10.2. The number of hydrogen-bond acceptors (Lipinski definition) is 3. The summed E-state index contributed by atoms with van der Waals surface area (Å²) in [5.74, 6) is -0.318. The van der Waals surface area contributed by atoms with Crippen LogP contribution in [0.4, 0.5) is 15.8 Å². The quantitative estimate of drug-likeness (QED) is 0.656. The first-order valence-corrected chi connectivity index (χ1v) is 8.03. The number of nitriles is 1. The zero-order valence-electron chi connectivity index (χ0n) is 13.4. The molecular weight excluding hydrogens is 301 g/mol. The van der Waals surface area contributed by atoms with E-state index < -0.39 is 0 Å². The van der Waals surface area contributed by atoms with Gasteiger partial charge in [0.1, 0.15) is 11.9 Å². The Morgan fingerprint density at radius 1 is 1.21 bits per heavy atom. The zero-order valence-corrected chi connectivity index (χ0v) is 13.4. The molecule has 0 unspecified atom stereocenters. The van der Waals surface area contributed by atoms with Crippen molar-refractivity contribution in [3.8, 4) is 6.07 Å². The van der Waals surface area contributed by atoms with Gasteiger partial charge in [-0.05, 0) is 49.6 Å². The molecule has 0 radical (unpaired) electrons. The fraction of sp³-hybridized carbons (Fsp3) is 0.200. The minimum Gasteiger partial charge on any atom is -0.340 e. The number of aromatic nitrogens is 1. The number of rotatable bonds is 1.